The van der Waals surface area contributed by atoms with Gasteiger partial charge in [-0.2, -0.15) is 4.99 Å². The molecule has 0 aromatic carbocycles. The minimum Gasteiger partial charge on any atom is -0.368 e. The molecule has 1 unspecified atom stereocenters. The van der Waals surface area contributed by atoms with Crippen LogP contribution in [0.1, 0.15) is 38.5 Å². The number of allylic oxidation sites excluding steroid dienone is 4. The van der Waals surface area contributed by atoms with E-state index in [9.17, 15) is 0 Å². The highest BCUT2D eigenvalue weighted by Crippen LogP contribution is 2.30. The molecule has 4 N–H and O–H groups in total. The van der Waals surface area contributed by atoms with Gasteiger partial charge in [0.05, 0.1) is 0 Å². The second-order valence-corrected chi connectivity index (χ2v) is 6.75. The van der Waals surface area contributed by atoms with Gasteiger partial charge in [0, 0.05) is 16.9 Å². The van der Waals surface area contributed by atoms with E-state index in [1.807, 2.05) is 6.08 Å². The minimum absolute atomic E-state index is 0.245. The van der Waals surface area contributed by atoms with Crippen LogP contribution in [0.4, 0.5) is 0 Å². The number of rotatable bonds is 1. The summed E-state index contributed by atoms with van der Waals surface area (Å²) >= 11 is 3.60. The van der Waals surface area contributed by atoms with E-state index >= 15 is 0 Å². The topological polar surface area (TPSA) is 74.8 Å². The normalized spacial score (nSPS) is 28.2. The summed E-state index contributed by atoms with van der Waals surface area (Å²) in [5.74, 6) is 1.09. The Kier molecular flexibility index (Phi) is 3.83. The first-order valence-corrected chi connectivity index (χ1v) is 8.07. The third kappa shape index (κ3) is 3.06. The number of hydrogen-bond donors (Lipinski definition) is 3. The van der Waals surface area contributed by atoms with E-state index < -0.39 is 0 Å². The molecule has 3 rings (SSSR count). The van der Waals surface area contributed by atoms with E-state index in [0.29, 0.717) is 10.8 Å². The predicted molar refractivity (Wildman–Crippen MR) is 85.7 cm³/mol. The second kappa shape index (κ2) is 5.60. The number of aliphatic imine (C=N–C) groups is 2. The van der Waals surface area contributed by atoms with Crippen LogP contribution >= 0.6 is 15.9 Å². The lowest BCUT2D eigenvalue weighted by Gasteiger charge is -2.38. The number of halogens is 1. The van der Waals surface area contributed by atoms with E-state index in [2.05, 4.69) is 48.7 Å². The lowest BCUT2D eigenvalue weighted by molar-refractivity contribution is 0.272. The molecule has 1 saturated carbocycles. The van der Waals surface area contributed by atoms with Crippen LogP contribution in [0.15, 0.2) is 33.9 Å². The van der Waals surface area contributed by atoms with Crippen molar-refractivity contribution in [3.8, 4) is 0 Å². The van der Waals surface area contributed by atoms with Crippen molar-refractivity contribution in [2.45, 2.75) is 49.0 Å². The summed E-state index contributed by atoms with van der Waals surface area (Å²) in [6.07, 6.45) is 12.8. The van der Waals surface area contributed by atoms with E-state index in [0.717, 1.165) is 30.9 Å². The Morgan fingerprint density at radius 1 is 1.35 bits per heavy atom. The maximum Gasteiger partial charge on any atom is 0.220 e. The van der Waals surface area contributed by atoms with Crippen LogP contribution in [0.25, 0.3) is 0 Å². The summed E-state index contributed by atoms with van der Waals surface area (Å²) < 4.78 is 0. The van der Waals surface area contributed by atoms with Crippen LogP contribution < -0.4 is 16.4 Å². The third-order valence-corrected chi connectivity index (χ3v) is 4.53. The Hall–Kier alpha value is -1.30. The van der Waals surface area contributed by atoms with Gasteiger partial charge in [0.15, 0.2) is 0 Å². The SMILES string of the molecule is NC1=NC2(CCCCC2)NC(NC2=CC=CC(Br)C2)=N1. The maximum absolute atomic E-state index is 5.90. The average Bonchev–Trinajstić information content (AvgIpc) is 2.38. The number of hydrogen-bond acceptors (Lipinski definition) is 5. The van der Waals surface area contributed by atoms with Gasteiger partial charge in [-0.15, -0.1) is 0 Å². The molecule has 1 atom stereocenters. The van der Waals surface area contributed by atoms with Crippen molar-refractivity contribution in [2.24, 2.45) is 15.7 Å². The summed E-state index contributed by atoms with van der Waals surface area (Å²) in [5, 5.41) is 6.80. The highest BCUT2D eigenvalue weighted by molar-refractivity contribution is 9.09. The molecule has 20 heavy (non-hydrogen) atoms. The fourth-order valence-corrected chi connectivity index (χ4v) is 3.48. The Labute approximate surface area is 127 Å². The molecule has 0 radical (unpaired) electrons. The molecule has 1 spiro atoms. The quantitative estimate of drug-likeness (QED) is 0.641. The molecule has 0 amide bonds. The largest absolute Gasteiger partial charge is 0.368 e. The van der Waals surface area contributed by atoms with Gasteiger partial charge in [-0.3, -0.25) is 0 Å². The van der Waals surface area contributed by atoms with E-state index in [4.69, 9.17) is 5.73 Å². The molecule has 108 valence electrons. The Balaban J connectivity index is 1.72. The zero-order valence-electron chi connectivity index (χ0n) is 11.4. The first-order chi connectivity index (χ1) is 9.65. The van der Waals surface area contributed by atoms with Crippen LogP contribution in [-0.4, -0.2) is 22.4 Å². The standard InChI is InChI=1S/C14H20BrN5/c15-10-5-4-6-11(9-10)17-13-18-12(16)19-14(20-13)7-2-1-3-8-14/h4-6,10H,1-3,7-9H2,(H4,16,17,18,19,20). The molecule has 1 heterocycles. The van der Waals surface area contributed by atoms with Crippen molar-refractivity contribution in [3.05, 3.63) is 23.9 Å². The van der Waals surface area contributed by atoms with Crippen LogP contribution in [0.2, 0.25) is 0 Å². The number of nitrogens with one attached hydrogen (secondary N) is 2. The maximum atomic E-state index is 5.90. The molecule has 6 heteroatoms. The number of nitrogens with zero attached hydrogens (tertiary/aromatic N) is 2. The van der Waals surface area contributed by atoms with Gasteiger partial charge in [-0.1, -0.05) is 34.5 Å². The second-order valence-electron chi connectivity index (χ2n) is 5.57. The number of nitrogens with two attached hydrogens (primary N) is 1. The van der Waals surface area contributed by atoms with E-state index in [1.165, 1.54) is 19.3 Å². The minimum atomic E-state index is -0.245. The van der Waals surface area contributed by atoms with Crippen LogP contribution in [0, 0.1) is 0 Å². The molecule has 5 nitrogen and oxygen atoms in total. The molecule has 0 saturated heterocycles. The van der Waals surface area contributed by atoms with Gasteiger partial charge in [-0.05, 0) is 31.8 Å². The van der Waals surface area contributed by atoms with Gasteiger partial charge in [-0.25, -0.2) is 4.99 Å². The van der Waals surface area contributed by atoms with Crippen molar-refractivity contribution in [3.63, 3.8) is 0 Å². The molecule has 2 aliphatic carbocycles. The van der Waals surface area contributed by atoms with Gasteiger partial charge in [0.1, 0.15) is 5.66 Å². The Bertz CT molecular complexity index is 500. The van der Waals surface area contributed by atoms with Crippen molar-refractivity contribution in [1.29, 1.82) is 0 Å². The van der Waals surface area contributed by atoms with Gasteiger partial charge in [0.25, 0.3) is 0 Å². The molecule has 0 aromatic rings. The van der Waals surface area contributed by atoms with Crippen molar-refractivity contribution in [2.75, 3.05) is 0 Å². The van der Waals surface area contributed by atoms with Crippen LogP contribution in [0.5, 0.6) is 0 Å². The molecule has 1 aliphatic heterocycles. The smallest absolute Gasteiger partial charge is 0.220 e. The molecule has 0 bridgehead atoms. The van der Waals surface area contributed by atoms with Crippen molar-refractivity contribution >= 4 is 27.8 Å². The van der Waals surface area contributed by atoms with Crippen molar-refractivity contribution < 1.29 is 0 Å². The van der Waals surface area contributed by atoms with Gasteiger partial charge < -0.3 is 16.4 Å². The molecule has 0 aromatic heterocycles. The lowest BCUT2D eigenvalue weighted by atomic mass is 9.89. The number of guanidine groups is 2. The fourth-order valence-electron chi connectivity index (χ4n) is 2.95. The molecular weight excluding hydrogens is 318 g/mol. The lowest BCUT2D eigenvalue weighted by Crippen LogP contribution is -2.56. The van der Waals surface area contributed by atoms with E-state index in [-0.39, 0.29) is 5.66 Å². The fraction of sp³-hybridized carbons (Fsp3) is 0.571. The monoisotopic (exact) mass is 337 g/mol. The number of alkyl halides is 1. The highest BCUT2D eigenvalue weighted by atomic mass is 79.9. The molecular formula is C14H20BrN5. The predicted octanol–water partition coefficient (Wildman–Crippen LogP) is 2.12. The highest BCUT2D eigenvalue weighted by Gasteiger charge is 2.35. The summed E-state index contributed by atoms with van der Waals surface area (Å²) in [7, 11) is 0. The van der Waals surface area contributed by atoms with Crippen LogP contribution in [0.3, 0.4) is 0 Å². The summed E-state index contributed by atoms with van der Waals surface area (Å²) in [5.41, 5.74) is 6.78. The Morgan fingerprint density at radius 2 is 2.15 bits per heavy atom. The molecule has 3 aliphatic rings. The first-order valence-electron chi connectivity index (χ1n) is 7.16. The summed E-state index contributed by atoms with van der Waals surface area (Å²) in [6, 6.07) is 0. The summed E-state index contributed by atoms with van der Waals surface area (Å²) in [4.78, 5) is 9.21. The van der Waals surface area contributed by atoms with Gasteiger partial charge >= 0.3 is 0 Å². The summed E-state index contributed by atoms with van der Waals surface area (Å²) in [6.45, 7) is 0. The third-order valence-electron chi connectivity index (χ3n) is 3.90. The van der Waals surface area contributed by atoms with Gasteiger partial charge in [0.2, 0.25) is 11.9 Å². The van der Waals surface area contributed by atoms with Crippen LogP contribution in [-0.2, 0) is 0 Å². The average molecular weight is 338 g/mol. The zero-order valence-corrected chi connectivity index (χ0v) is 13.0. The first kappa shape index (κ1) is 13.7. The van der Waals surface area contributed by atoms with E-state index in [1.54, 1.807) is 0 Å². The molecule has 1 fully saturated rings. The zero-order chi connectivity index (χ0) is 14.0. The Morgan fingerprint density at radius 3 is 2.90 bits per heavy atom. The van der Waals surface area contributed by atoms with Crippen molar-refractivity contribution in [1.82, 2.24) is 10.6 Å².